The zero-order valence-corrected chi connectivity index (χ0v) is 8.42. The van der Waals surface area contributed by atoms with E-state index in [0.717, 1.165) is 16.6 Å². The first-order chi connectivity index (χ1) is 7.83. The van der Waals surface area contributed by atoms with Crippen molar-refractivity contribution in [1.82, 2.24) is 4.98 Å². The molecule has 0 spiro atoms. The van der Waals surface area contributed by atoms with Crippen LogP contribution in [-0.2, 0) is 0 Å². The van der Waals surface area contributed by atoms with Crippen LogP contribution in [0.2, 0.25) is 0 Å². The lowest BCUT2D eigenvalue weighted by Crippen LogP contribution is -2.95. The van der Waals surface area contributed by atoms with Crippen molar-refractivity contribution >= 4 is 16.6 Å². The molecule has 0 saturated carbocycles. The maximum absolute atomic E-state index is 11.0. The van der Waals surface area contributed by atoms with Gasteiger partial charge in [-0.3, -0.25) is 0 Å². The molecule has 4 nitrogen and oxygen atoms in total. The highest BCUT2D eigenvalue weighted by molar-refractivity contribution is 6.08. The smallest absolute Gasteiger partial charge is 0.150 e. The van der Waals surface area contributed by atoms with Gasteiger partial charge >= 0.3 is 0 Å². The number of quaternary nitrogens is 1. The van der Waals surface area contributed by atoms with E-state index in [1.807, 2.05) is 36.4 Å². The Hall–Kier alpha value is -2.04. The molecule has 0 amide bonds. The van der Waals surface area contributed by atoms with Crippen molar-refractivity contribution in [2.75, 3.05) is 0 Å². The number of nitrogens with zero attached hydrogens (tertiary/aromatic N) is 2. The Bertz CT molecular complexity index is 604. The van der Waals surface area contributed by atoms with Crippen molar-refractivity contribution < 1.29 is 5.17 Å². The van der Waals surface area contributed by atoms with Gasteiger partial charge in [0.2, 0.25) is 0 Å². The van der Waals surface area contributed by atoms with E-state index in [9.17, 15) is 5.21 Å². The van der Waals surface area contributed by atoms with Crippen LogP contribution >= 0.6 is 0 Å². The normalized spacial score (nSPS) is 19.1. The fourth-order valence-corrected chi connectivity index (χ4v) is 1.69. The van der Waals surface area contributed by atoms with E-state index in [1.54, 1.807) is 6.08 Å². The highest BCUT2D eigenvalue weighted by Gasteiger charge is 2.10. The van der Waals surface area contributed by atoms with E-state index in [1.165, 1.54) is 6.20 Å². The van der Waals surface area contributed by atoms with Gasteiger partial charge in [0.05, 0.1) is 11.2 Å². The van der Waals surface area contributed by atoms with Crippen LogP contribution in [0.15, 0.2) is 53.8 Å². The highest BCUT2D eigenvalue weighted by Crippen LogP contribution is 2.12. The van der Waals surface area contributed by atoms with Gasteiger partial charge < -0.3 is 5.21 Å². The first-order valence-corrected chi connectivity index (χ1v) is 5.00. The van der Waals surface area contributed by atoms with E-state index in [4.69, 9.17) is 0 Å². The number of hydroxylamine groups is 1. The van der Waals surface area contributed by atoms with Crippen molar-refractivity contribution in [2.24, 2.45) is 5.10 Å². The predicted molar refractivity (Wildman–Crippen MR) is 61.7 cm³/mol. The number of aromatic nitrogens is 1. The van der Waals surface area contributed by atoms with E-state index in [2.05, 4.69) is 10.1 Å². The Kier molecular flexibility index (Phi) is 2.02. The minimum absolute atomic E-state index is 0.218. The topological polar surface area (TPSA) is 52.8 Å². The number of hydrogen-bond donors (Lipinski definition) is 1. The fourth-order valence-electron chi connectivity index (χ4n) is 1.69. The number of fused-ring (bicyclic) bond motifs is 1. The predicted octanol–water partition coefficient (Wildman–Crippen LogP) is 0.849. The monoisotopic (exact) mass is 211 g/mol. The molecule has 1 aliphatic rings. The maximum atomic E-state index is 11.0. The van der Waals surface area contributed by atoms with Gasteiger partial charge in [0, 0.05) is 11.5 Å². The molecule has 0 radical (unpaired) electrons. The summed E-state index contributed by atoms with van der Waals surface area (Å²) in [5.41, 5.74) is 2.28. The maximum Gasteiger partial charge on any atom is 0.150 e. The van der Waals surface area contributed by atoms with Crippen LogP contribution in [0.5, 0.6) is 0 Å². The number of hydrogen-bond acceptors (Lipinski definition) is 3. The van der Waals surface area contributed by atoms with E-state index >= 15 is 0 Å². The fraction of sp³-hybridized carbons (Fsp3) is 0. The molecule has 1 aromatic heterocycles. The summed E-state index contributed by atoms with van der Waals surface area (Å²) < 4.78 is 0. The third-order valence-corrected chi connectivity index (χ3v) is 2.48. The molecule has 2 heterocycles. The standard InChI is InChI=1S/C12H9N3O/c16-15-8-7-12(14-15)11-6-5-9-3-1-2-4-10(9)13-11/h1-8,15H. The van der Waals surface area contributed by atoms with Crippen LogP contribution in [-0.4, -0.2) is 10.7 Å². The van der Waals surface area contributed by atoms with Gasteiger partial charge in [0.25, 0.3) is 0 Å². The number of benzene rings is 1. The number of nitrogens with one attached hydrogen (secondary N) is 1. The number of rotatable bonds is 1. The lowest BCUT2D eigenvalue weighted by Gasteiger charge is -2.03. The summed E-state index contributed by atoms with van der Waals surface area (Å²) in [5.74, 6) is 0. The van der Waals surface area contributed by atoms with E-state index in [0.29, 0.717) is 5.71 Å². The summed E-state index contributed by atoms with van der Waals surface area (Å²) in [4.78, 5) is 4.46. The molecule has 0 saturated heterocycles. The van der Waals surface area contributed by atoms with Gasteiger partial charge in [0.1, 0.15) is 6.20 Å². The van der Waals surface area contributed by atoms with Crippen molar-refractivity contribution in [1.29, 1.82) is 0 Å². The summed E-state index contributed by atoms with van der Waals surface area (Å²) >= 11 is 0. The summed E-state index contributed by atoms with van der Waals surface area (Å²) in [6, 6.07) is 11.7. The molecule has 1 aromatic carbocycles. The minimum atomic E-state index is -0.218. The Morgan fingerprint density at radius 1 is 1.06 bits per heavy atom. The zero-order valence-electron chi connectivity index (χ0n) is 8.42. The molecular formula is C12H9N3O. The van der Waals surface area contributed by atoms with Crippen molar-refractivity contribution in [3.05, 3.63) is 59.6 Å². The molecule has 0 bridgehead atoms. The Morgan fingerprint density at radius 2 is 1.94 bits per heavy atom. The molecule has 1 unspecified atom stereocenters. The average molecular weight is 211 g/mol. The largest absolute Gasteiger partial charge is 0.601 e. The average Bonchev–Trinajstić information content (AvgIpc) is 2.75. The summed E-state index contributed by atoms with van der Waals surface area (Å²) in [7, 11) is 0. The van der Waals surface area contributed by atoms with Gasteiger partial charge in [-0.05, 0) is 12.1 Å². The number of pyridine rings is 1. The lowest BCUT2D eigenvalue weighted by atomic mass is 10.1. The molecular weight excluding hydrogens is 202 g/mol. The Morgan fingerprint density at radius 3 is 2.75 bits per heavy atom. The van der Waals surface area contributed by atoms with E-state index < -0.39 is 0 Å². The second-order valence-corrected chi connectivity index (χ2v) is 3.56. The Labute approximate surface area is 92.1 Å². The second kappa shape index (κ2) is 3.52. The molecule has 1 aliphatic heterocycles. The van der Waals surface area contributed by atoms with Crippen LogP contribution < -0.4 is 5.17 Å². The summed E-state index contributed by atoms with van der Waals surface area (Å²) in [6.45, 7) is 0. The van der Waals surface area contributed by atoms with Gasteiger partial charge in [0.15, 0.2) is 5.71 Å². The first-order valence-electron chi connectivity index (χ1n) is 5.00. The molecule has 1 atom stereocenters. The van der Waals surface area contributed by atoms with Gasteiger partial charge in [-0.1, -0.05) is 29.4 Å². The van der Waals surface area contributed by atoms with Crippen LogP contribution in [0, 0.1) is 5.21 Å². The Balaban J connectivity index is 2.12. The van der Waals surface area contributed by atoms with E-state index in [-0.39, 0.29) is 5.17 Å². The van der Waals surface area contributed by atoms with Crippen LogP contribution in [0.3, 0.4) is 0 Å². The molecule has 0 fully saturated rings. The van der Waals surface area contributed by atoms with Crippen molar-refractivity contribution in [2.45, 2.75) is 0 Å². The lowest BCUT2D eigenvalue weighted by molar-refractivity contribution is -0.795. The molecule has 78 valence electrons. The third kappa shape index (κ3) is 1.50. The molecule has 16 heavy (non-hydrogen) atoms. The number of para-hydroxylation sites is 1. The molecule has 1 N–H and O–H groups in total. The molecule has 0 aliphatic carbocycles. The van der Waals surface area contributed by atoms with Gasteiger partial charge in [-0.2, -0.15) is 0 Å². The molecule has 2 aromatic rings. The number of allylic oxidation sites excluding steroid dienone is 1. The van der Waals surface area contributed by atoms with Crippen molar-refractivity contribution in [3.8, 4) is 0 Å². The molecule has 4 heteroatoms. The first kappa shape index (κ1) is 9.21. The molecule has 3 rings (SSSR count). The quantitative estimate of drug-likeness (QED) is 0.711. The highest BCUT2D eigenvalue weighted by atomic mass is 16.5. The summed E-state index contributed by atoms with van der Waals surface area (Å²) in [6.07, 6.45) is 3.14. The van der Waals surface area contributed by atoms with Crippen LogP contribution in [0.1, 0.15) is 5.69 Å². The second-order valence-electron chi connectivity index (χ2n) is 3.56. The summed E-state index contributed by atoms with van der Waals surface area (Å²) in [5, 5.41) is 15.7. The van der Waals surface area contributed by atoms with Crippen LogP contribution in [0.25, 0.3) is 10.9 Å². The van der Waals surface area contributed by atoms with Gasteiger partial charge in [-0.25, -0.2) is 10.2 Å². The minimum Gasteiger partial charge on any atom is -0.601 e. The van der Waals surface area contributed by atoms with Gasteiger partial charge in [-0.15, -0.1) is 0 Å². The zero-order chi connectivity index (χ0) is 11.0. The SMILES string of the molecule is [O-][NH+]1C=CC(c2ccc3ccccc3n2)=N1. The third-order valence-electron chi connectivity index (χ3n) is 2.48. The van der Waals surface area contributed by atoms with Crippen molar-refractivity contribution in [3.63, 3.8) is 0 Å². The van der Waals surface area contributed by atoms with Crippen LogP contribution in [0.4, 0.5) is 0 Å².